The number of nitrogens with zero attached hydrogens (tertiary/aromatic N) is 2. The normalized spacial score (nSPS) is 26.2. The molecule has 0 radical (unpaired) electrons. The summed E-state index contributed by atoms with van der Waals surface area (Å²) in [6, 6.07) is 0. The molecule has 6 nitrogen and oxygen atoms in total. The van der Waals surface area contributed by atoms with Crippen molar-refractivity contribution in [3.05, 3.63) is 0 Å². The zero-order valence-corrected chi connectivity index (χ0v) is 10.8. The van der Waals surface area contributed by atoms with Gasteiger partial charge >= 0.3 is 11.8 Å². The van der Waals surface area contributed by atoms with Gasteiger partial charge in [-0.25, -0.2) is 0 Å². The van der Waals surface area contributed by atoms with E-state index in [0.717, 1.165) is 19.5 Å². The van der Waals surface area contributed by atoms with Crippen molar-refractivity contribution in [3.63, 3.8) is 0 Å². The van der Waals surface area contributed by atoms with Crippen molar-refractivity contribution < 1.29 is 14.7 Å². The second-order valence-electron chi connectivity index (χ2n) is 5.08. The molecule has 2 N–H and O–H groups in total. The van der Waals surface area contributed by atoms with E-state index >= 15 is 0 Å². The summed E-state index contributed by atoms with van der Waals surface area (Å²) in [4.78, 5) is 27.2. The molecular weight excluding hydrogens is 234 g/mol. The van der Waals surface area contributed by atoms with Gasteiger partial charge in [0.05, 0.1) is 6.10 Å². The van der Waals surface area contributed by atoms with Gasteiger partial charge in [0.1, 0.15) is 0 Å². The molecule has 2 atom stereocenters. The van der Waals surface area contributed by atoms with Crippen LogP contribution in [0.5, 0.6) is 0 Å². The van der Waals surface area contributed by atoms with Gasteiger partial charge in [-0.1, -0.05) is 0 Å². The topological polar surface area (TPSA) is 72.9 Å². The Morgan fingerprint density at radius 1 is 1.17 bits per heavy atom. The second kappa shape index (κ2) is 5.67. The maximum atomic E-state index is 12.0. The summed E-state index contributed by atoms with van der Waals surface area (Å²) in [5, 5.41) is 12.6. The molecule has 0 spiro atoms. The van der Waals surface area contributed by atoms with Crippen LogP contribution in [0.1, 0.15) is 13.3 Å². The average Bonchev–Trinajstić information content (AvgIpc) is 2.88. The number of rotatable bonds is 1. The molecule has 102 valence electrons. The molecule has 0 aromatic heterocycles. The van der Waals surface area contributed by atoms with Crippen LogP contribution in [0.2, 0.25) is 0 Å². The van der Waals surface area contributed by atoms with Crippen LogP contribution in [0.15, 0.2) is 0 Å². The first-order chi connectivity index (χ1) is 8.59. The lowest BCUT2D eigenvalue weighted by Crippen LogP contribution is -2.51. The summed E-state index contributed by atoms with van der Waals surface area (Å²) < 4.78 is 0. The van der Waals surface area contributed by atoms with E-state index in [0.29, 0.717) is 26.2 Å². The van der Waals surface area contributed by atoms with Crippen molar-refractivity contribution in [2.45, 2.75) is 19.4 Å². The fourth-order valence-corrected chi connectivity index (χ4v) is 2.50. The molecule has 2 heterocycles. The second-order valence-corrected chi connectivity index (χ2v) is 5.08. The third-order valence-corrected chi connectivity index (χ3v) is 3.78. The van der Waals surface area contributed by atoms with Crippen LogP contribution in [0.3, 0.4) is 0 Å². The highest BCUT2D eigenvalue weighted by atomic mass is 16.3. The molecule has 2 fully saturated rings. The molecule has 2 saturated heterocycles. The highest BCUT2D eigenvalue weighted by molar-refractivity contribution is 6.35. The van der Waals surface area contributed by atoms with Gasteiger partial charge in [-0.2, -0.15) is 0 Å². The molecule has 0 saturated carbocycles. The van der Waals surface area contributed by atoms with Crippen LogP contribution in [-0.4, -0.2) is 72.1 Å². The van der Waals surface area contributed by atoms with Crippen molar-refractivity contribution in [1.29, 1.82) is 0 Å². The van der Waals surface area contributed by atoms with E-state index in [2.05, 4.69) is 5.32 Å². The Kier molecular flexibility index (Phi) is 4.19. The van der Waals surface area contributed by atoms with E-state index in [9.17, 15) is 14.7 Å². The lowest BCUT2D eigenvalue weighted by atomic mass is 10.0. The Morgan fingerprint density at radius 3 is 2.33 bits per heavy atom. The van der Waals surface area contributed by atoms with Crippen molar-refractivity contribution in [3.8, 4) is 0 Å². The van der Waals surface area contributed by atoms with Crippen molar-refractivity contribution in [2.75, 3.05) is 39.3 Å². The predicted octanol–water partition coefficient (Wildman–Crippen LogP) is -1.35. The monoisotopic (exact) mass is 255 g/mol. The van der Waals surface area contributed by atoms with E-state index < -0.39 is 17.9 Å². The van der Waals surface area contributed by atoms with Gasteiger partial charge in [0, 0.05) is 45.2 Å². The number of likely N-dealkylation sites (tertiary alicyclic amines) is 1. The zero-order chi connectivity index (χ0) is 13.1. The van der Waals surface area contributed by atoms with Crippen LogP contribution in [0, 0.1) is 5.92 Å². The fourth-order valence-electron chi connectivity index (χ4n) is 2.50. The first kappa shape index (κ1) is 13.3. The number of amides is 2. The first-order valence-corrected chi connectivity index (χ1v) is 6.56. The number of aliphatic hydroxyl groups excluding tert-OH is 1. The summed E-state index contributed by atoms with van der Waals surface area (Å²) in [6.45, 7) is 5.48. The Bertz CT molecular complexity index is 327. The van der Waals surface area contributed by atoms with Crippen LogP contribution in [0.4, 0.5) is 0 Å². The Hall–Kier alpha value is -1.14. The number of aliphatic hydroxyl groups is 1. The van der Waals surface area contributed by atoms with E-state index in [1.54, 1.807) is 16.7 Å². The maximum absolute atomic E-state index is 12.0. The van der Waals surface area contributed by atoms with Crippen molar-refractivity contribution in [1.82, 2.24) is 15.1 Å². The number of carbonyl (C=O) groups excluding carboxylic acids is 2. The summed E-state index contributed by atoms with van der Waals surface area (Å²) in [5.74, 6) is -0.715. The van der Waals surface area contributed by atoms with Gasteiger partial charge in [0.2, 0.25) is 0 Å². The third kappa shape index (κ3) is 2.81. The van der Waals surface area contributed by atoms with Crippen LogP contribution in [0.25, 0.3) is 0 Å². The molecule has 0 aromatic rings. The molecule has 2 aliphatic heterocycles. The Labute approximate surface area is 107 Å². The number of carbonyl (C=O) groups is 2. The van der Waals surface area contributed by atoms with E-state index in [1.165, 1.54) is 0 Å². The molecule has 2 unspecified atom stereocenters. The highest BCUT2D eigenvalue weighted by Crippen LogP contribution is 2.20. The highest BCUT2D eigenvalue weighted by Gasteiger charge is 2.34. The molecule has 0 aromatic carbocycles. The lowest BCUT2D eigenvalue weighted by molar-refractivity contribution is -0.151. The quantitative estimate of drug-likeness (QED) is 0.568. The molecular formula is C12H21N3O3. The third-order valence-electron chi connectivity index (χ3n) is 3.78. The zero-order valence-electron chi connectivity index (χ0n) is 10.8. The van der Waals surface area contributed by atoms with E-state index in [1.807, 2.05) is 0 Å². The van der Waals surface area contributed by atoms with Crippen molar-refractivity contribution >= 4 is 11.8 Å². The Morgan fingerprint density at radius 2 is 1.78 bits per heavy atom. The molecule has 6 heteroatoms. The first-order valence-electron chi connectivity index (χ1n) is 6.56. The average molecular weight is 255 g/mol. The van der Waals surface area contributed by atoms with E-state index in [4.69, 9.17) is 0 Å². The molecule has 2 rings (SSSR count). The minimum absolute atomic E-state index is 0.102. The van der Waals surface area contributed by atoms with Crippen molar-refractivity contribution in [2.24, 2.45) is 5.92 Å². The van der Waals surface area contributed by atoms with E-state index in [-0.39, 0.29) is 5.92 Å². The van der Waals surface area contributed by atoms with Gasteiger partial charge in [-0.15, -0.1) is 0 Å². The summed E-state index contributed by atoms with van der Waals surface area (Å²) in [7, 11) is 0. The molecule has 0 bridgehead atoms. The maximum Gasteiger partial charge on any atom is 0.312 e. The minimum Gasteiger partial charge on any atom is -0.393 e. The van der Waals surface area contributed by atoms with Crippen LogP contribution < -0.4 is 5.32 Å². The van der Waals surface area contributed by atoms with Gasteiger partial charge in [-0.05, 0) is 13.3 Å². The van der Waals surface area contributed by atoms with Crippen LogP contribution >= 0.6 is 0 Å². The minimum atomic E-state index is -0.419. The number of hydrogen-bond donors (Lipinski definition) is 2. The fraction of sp³-hybridized carbons (Fsp3) is 0.833. The molecule has 2 amide bonds. The standard InChI is InChI=1S/C12H21N3O3/c1-9(16)10-2-5-15(8-10)12(18)11(17)14-6-3-13-4-7-14/h9-10,13,16H,2-8H2,1H3. The molecule has 2 aliphatic rings. The van der Waals surface area contributed by atoms with Gasteiger partial charge in [-0.3, -0.25) is 9.59 Å². The Balaban J connectivity index is 1.89. The summed E-state index contributed by atoms with van der Waals surface area (Å²) in [6.07, 6.45) is 0.357. The number of hydrogen-bond acceptors (Lipinski definition) is 4. The SMILES string of the molecule is CC(O)C1CCN(C(=O)C(=O)N2CCNCC2)C1. The smallest absolute Gasteiger partial charge is 0.312 e. The summed E-state index contributed by atoms with van der Waals surface area (Å²) >= 11 is 0. The largest absolute Gasteiger partial charge is 0.393 e. The molecule has 0 aliphatic carbocycles. The number of nitrogens with one attached hydrogen (secondary N) is 1. The molecule has 18 heavy (non-hydrogen) atoms. The lowest BCUT2D eigenvalue weighted by Gasteiger charge is -2.28. The van der Waals surface area contributed by atoms with Gasteiger partial charge < -0.3 is 20.2 Å². The van der Waals surface area contributed by atoms with Gasteiger partial charge in [0.25, 0.3) is 0 Å². The summed E-state index contributed by atoms with van der Waals surface area (Å²) in [5.41, 5.74) is 0. The van der Waals surface area contributed by atoms with Gasteiger partial charge in [0.15, 0.2) is 0 Å². The van der Waals surface area contributed by atoms with Crippen LogP contribution in [-0.2, 0) is 9.59 Å². The number of piperazine rings is 1. The predicted molar refractivity (Wildman–Crippen MR) is 65.8 cm³/mol.